The summed E-state index contributed by atoms with van der Waals surface area (Å²) in [6, 6.07) is 18.6. The molecule has 4 nitrogen and oxygen atoms in total. The van der Waals surface area contributed by atoms with Crippen molar-refractivity contribution >= 4 is 10.1 Å². The fourth-order valence-corrected chi connectivity index (χ4v) is 2.48. The lowest BCUT2D eigenvalue weighted by Crippen LogP contribution is -2.29. The molecule has 3 rings (SSSR count). The first-order valence-electron chi connectivity index (χ1n) is 7.25. The maximum Gasteiger partial charge on any atom is 0.265 e. The van der Waals surface area contributed by atoms with E-state index in [1.165, 1.54) is 19.5 Å². The fourth-order valence-electron chi connectivity index (χ4n) is 1.91. The quantitative estimate of drug-likeness (QED) is 0.881. The van der Waals surface area contributed by atoms with Gasteiger partial charge in [-0.05, 0) is 30.6 Å². The molecule has 2 aromatic carbocycles. The third-order valence-corrected chi connectivity index (χ3v) is 3.72. The Hall–Kier alpha value is -1.69. The van der Waals surface area contributed by atoms with Crippen molar-refractivity contribution in [3.8, 4) is 0 Å². The summed E-state index contributed by atoms with van der Waals surface area (Å²) >= 11 is 0. The molecule has 0 spiro atoms. The molecule has 0 aromatic heterocycles. The second-order valence-corrected chi connectivity index (χ2v) is 6.71. The van der Waals surface area contributed by atoms with Gasteiger partial charge in [0.05, 0.1) is 6.26 Å². The molecule has 0 unspecified atom stereocenters. The maximum absolute atomic E-state index is 11.4. The highest BCUT2D eigenvalue weighted by molar-refractivity contribution is 7.86. The molecule has 1 aliphatic heterocycles. The Balaban J connectivity index is 0.000000381. The van der Waals surface area contributed by atoms with E-state index in [4.69, 9.17) is 4.18 Å². The predicted molar refractivity (Wildman–Crippen MR) is 88.1 cm³/mol. The standard InChI is InChI=1S/C14H14O3S.C3H7N/c1-18(15,16)17-14(12-8-4-2-5-9-12)13-10-6-3-7-11-13;1-2-4-3-1/h2-11,14H,1H3;4H,1-3H2. The number of hydrogen-bond acceptors (Lipinski definition) is 4. The van der Waals surface area contributed by atoms with E-state index in [0.717, 1.165) is 17.4 Å². The molecule has 0 amide bonds. The van der Waals surface area contributed by atoms with Crippen LogP contribution in [0.3, 0.4) is 0 Å². The van der Waals surface area contributed by atoms with Crippen LogP contribution in [0, 0.1) is 0 Å². The van der Waals surface area contributed by atoms with Gasteiger partial charge in [0, 0.05) is 0 Å². The molecular weight excluding hydrogens is 298 g/mol. The average molecular weight is 319 g/mol. The molecule has 1 aliphatic rings. The van der Waals surface area contributed by atoms with Crippen molar-refractivity contribution in [2.75, 3.05) is 19.3 Å². The van der Waals surface area contributed by atoms with Gasteiger partial charge in [0.15, 0.2) is 0 Å². The van der Waals surface area contributed by atoms with Gasteiger partial charge in [-0.3, -0.25) is 4.18 Å². The summed E-state index contributed by atoms with van der Waals surface area (Å²) in [6.07, 6.45) is 1.86. The highest BCUT2D eigenvalue weighted by atomic mass is 32.2. The van der Waals surface area contributed by atoms with Crippen molar-refractivity contribution in [2.45, 2.75) is 12.5 Å². The van der Waals surface area contributed by atoms with Gasteiger partial charge in [0.2, 0.25) is 0 Å². The molecule has 1 heterocycles. The first kappa shape index (κ1) is 16.7. The molecule has 22 heavy (non-hydrogen) atoms. The Morgan fingerprint density at radius 1 is 0.909 bits per heavy atom. The summed E-state index contributed by atoms with van der Waals surface area (Å²) in [5.74, 6) is 0. The van der Waals surface area contributed by atoms with Gasteiger partial charge < -0.3 is 5.32 Å². The first-order valence-corrected chi connectivity index (χ1v) is 9.07. The lowest BCUT2D eigenvalue weighted by atomic mass is 10.0. The van der Waals surface area contributed by atoms with E-state index in [-0.39, 0.29) is 0 Å². The van der Waals surface area contributed by atoms with Gasteiger partial charge in [0.25, 0.3) is 10.1 Å². The van der Waals surface area contributed by atoms with Crippen LogP contribution in [0.5, 0.6) is 0 Å². The lowest BCUT2D eigenvalue weighted by Gasteiger charge is -2.17. The molecule has 0 saturated carbocycles. The maximum atomic E-state index is 11.4. The highest BCUT2D eigenvalue weighted by Crippen LogP contribution is 2.27. The smallest absolute Gasteiger partial charge is 0.265 e. The summed E-state index contributed by atoms with van der Waals surface area (Å²) in [7, 11) is -3.52. The molecule has 2 aromatic rings. The van der Waals surface area contributed by atoms with Gasteiger partial charge in [-0.1, -0.05) is 60.7 Å². The van der Waals surface area contributed by atoms with Crippen LogP contribution >= 0.6 is 0 Å². The number of nitrogens with one attached hydrogen (secondary N) is 1. The van der Waals surface area contributed by atoms with E-state index in [2.05, 4.69) is 5.32 Å². The van der Waals surface area contributed by atoms with E-state index in [1.807, 2.05) is 60.7 Å². The zero-order valence-corrected chi connectivity index (χ0v) is 13.4. The van der Waals surface area contributed by atoms with Gasteiger partial charge in [-0.15, -0.1) is 0 Å². The molecule has 118 valence electrons. The van der Waals surface area contributed by atoms with Crippen molar-refractivity contribution in [2.24, 2.45) is 0 Å². The predicted octanol–water partition coefficient (Wildman–Crippen LogP) is 2.73. The topological polar surface area (TPSA) is 55.4 Å². The lowest BCUT2D eigenvalue weighted by molar-refractivity contribution is 0.256. The number of benzene rings is 2. The van der Waals surface area contributed by atoms with E-state index in [0.29, 0.717) is 0 Å². The molecule has 1 fully saturated rings. The third-order valence-electron chi connectivity index (χ3n) is 3.18. The Morgan fingerprint density at radius 2 is 1.27 bits per heavy atom. The van der Waals surface area contributed by atoms with E-state index in [1.54, 1.807) is 0 Å². The van der Waals surface area contributed by atoms with Gasteiger partial charge in [0.1, 0.15) is 6.10 Å². The van der Waals surface area contributed by atoms with Crippen LogP contribution in [0.4, 0.5) is 0 Å². The average Bonchev–Trinajstić information content (AvgIpc) is 2.44. The summed E-state index contributed by atoms with van der Waals surface area (Å²) in [5, 5.41) is 3.11. The highest BCUT2D eigenvalue weighted by Gasteiger charge is 2.19. The largest absolute Gasteiger partial charge is 0.317 e. The molecule has 0 bridgehead atoms. The minimum absolute atomic E-state index is 0.595. The van der Waals surface area contributed by atoms with Crippen molar-refractivity contribution in [3.63, 3.8) is 0 Å². The zero-order valence-electron chi connectivity index (χ0n) is 12.6. The second-order valence-electron chi connectivity index (χ2n) is 5.11. The zero-order chi connectivity index (χ0) is 15.8. The van der Waals surface area contributed by atoms with Crippen LogP contribution in [-0.4, -0.2) is 27.8 Å². The van der Waals surface area contributed by atoms with Crippen molar-refractivity contribution in [1.29, 1.82) is 0 Å². The number of hydrogen-bond donors (Lipinski definition) is 1. The number of rotatable bonds is 4. The van der Waals surface area contributed by atoms with Crippen LogP contribution < -0.4 is 5.32 Å². The molecule has 0 aliphatic carbocycles. The van der Waals surface area contributed by atoms with Crippen LogP contribution in [0.2, 0.25) is 0 Å². The Morgan fingerprint density at radius 3 is 1.55 bits per heavy atom. The Bertz CT molecular complexity index is 609. The fraction of sp³-hybridized carbons (Fsp3) is 0.294. The second kappa shape index (κ2) is 8.08. The van der Waals surface area contributed by atoms with Crippen molar-refractivity contribution in [1.82, 2.24) is 5.32 Å². The van der Waals surface area contributed by atoms with E-state index >= 15 is 0 Å². The molecule has 1 saturated heterocycles. The van der Waals surface area contributed by atoms with Crippen LogP contribution in [0.25, 0.3) is 0 Å². The van der Waals surface area contributed by atoms with E-state index < -0.39 is 16.2 Å². The minimum atomic E-state index is -3.52. The van der Waals surface area contributed by atoms with E-state index in [9.17, 15) is 8.42 Å². The van der Waals surface area contributed by atoms with Crippen LogP contribution in [0.1, 0.15) is 23.7 Å². The minimum Gasteiger partial charge on any atom is -0.317 e. The molecular formula is C17H21NO3S. The van der Waals surface area contributed by atoms with Crippen molar-refractivity contribution in [3.05, 3.63) is 71.8 Å². The summed E-state index contributed by atoms with van der Waals surface area (Å²) in [4.78, 5) is 0. The first-order chi connectivity index (χ1) is 10.6. The van der Waals surface area contributed by atoms with Crippen LogP contribution in [-0.2, 0) is 14.3 Å². The van der Waals surface area contributed by atoms with Gasteiger partial charge in [-0.2, -0.15) is 8.42 Å². The Labute approximate surface area is 132 Å². The summed E-state index contributed by atoms with van der Waals surface area (Å²) in [5.41, 5.74) is 1.63. The molecule has 5 heteroatoms. The van der Waals surface area contributed by atoms with Gasteiger partial charge in [-0.25, -0.2) is 0 Å². The normalized spacial score (nSPS) is 13.9. The van der Waals surface area contributed by atoms with Crippen LogP contribution in [0.15, 0.2) is 60.7 Å². The molecule has 1 N–H and O–H groups in total. The molecule has 0 atom stereocenters. The van der Waals surface area contributed by atoms with Crippen molar-refractivity contribution < 1.29 is 12.6 Å². The summed E-state index contributed by atoms with van der Waals surface area (Å²) < 4.78 is 27.9. The van der Waals surface area contributed by atoms with Gasteiger partial charge >= 0.3 is 0 Å². The SMILES string of the molecule is C1CNC1.CS(=O)(=O)OC(c1ccccc1)c1ccccc1. The summed E-state index contributed by atoms with van der Waals surface area (Å²) in [6.45, 7) is 2.50. The molecule has 0 radical (unpaired) electrons. The Kier molecular flexibility index (Phi) is 6.12. The monoisotopic (exact) mass is 319 g/mol. The third kappa shape index (κ3) is 5.60.